The molecule has 0 aromatic heterocycles. The average molecular weight is 431 g/mol. The first-order valence-corrected chi connectivity index (χ1v) is 11.7. The number of carbonyl (C=O) groups is 1. The maximum Gasteiger partial charge on any atom is 0.240 e. The number of benzene rings is 2. The van der Waals surface area contributed by atoms with Gasteiger partial charge in [-0.05, 0) is 38.1 Å². The summed E-state index contributed by atoms with van der Waals surface area (Å²) in [6.45, 7) is 8.50. The molecule has 7 nitrogen and oxygen atoms in total. The number of aryl methyl sites for hydroxylation is 2. The largest absolute Gasteiger partial charge is 0.325 e. The molecule has 1 aliphatic rings. The van der Waals surface area contributed by atoms with E-state index in [1.165, 1.54) is 0 Å². The molecule has 0 radical (unpaired) electrons. The van der Waals surface area contributed by atoms with Crippen LogP contribution in [0.5, 0.6) is 0 Å². The predicted molar refractivity (Wildman–Crippen MR) is 119 cm³/mol. The topological polar surface area (TPSA) is 81.8 Å². The Kier molecular flexibility index (Phi) is 7.60. The molecule has 0 bridgehead atoms. The van der Waals surface area contributed by atoms with E-state index in [1.54, 1.807) is 24.3 Å². The first kappa shape index (κ1) is 22.4. The molecule has 162 valence electrons. The smallest absolute Gasteiger partial charge is 0.240 e. The molecule has 0 atom stereocenters. The van der Waals surface area contributed by atoms with Crippen LogP contribution in [0.15, 0.2) is 53.4 Å². The van der Waals surface area contributed by atoms with E-state index in [1.807, 2.05) is 38.1 Å². The van der Waals surface area contributed by atoms with Crippen LogP contribution in [0.4, 0.5) is 5.69 Å². The normalized spacial score (nSPS) is 15.8. The summed E-state index contributed by atoms with van der Waals surface area (Å²) in [5.74, 6) is -0.0156. The van der Waals surface area contributed by atoms with Crippen LogP contribution in [-0.4, -0.2) is 69.9 Å². The van der Waals surface area contributed by atoms with Crippen molar-refractivity contribution in [1.82, 2.24) is 14.5 Å². The van der Waals surface area contributed by atoms with Crippen molar-refractivity contribution in [3.63, 3.8) is 0 Å². The summed E-state index contributed by atoms with van der Waals surface area (Å²) in [6.07, 6.45) is 0. The van der Waals surface area contributed by atoms with Crippen LogP contribution in [0.25, 0.3) is 0 Å². The number of nitrogens with zero attached hydrogens (tertiary/aromatic N) is 2. The molecule has 0 aliphatic carbocycles. The molecule has 0 spiro atoms. The van der Waals surface area contributed by atoms with Gasteiger partial charge in [-0.15, -0.1) is 0 Å². The minimum Gasteiger partial charge on any atom is -0.325 e. The monoisotopic (exact) mass is 430 g/mol. The summed E-state index contributed by atoms with van der Waals surface area (Å²) < 4.78 is 27.4. The lowest BCUT2D eigenvalue weighted by atomic mass is 10.2. The van der Waals surface area contributed by atoms with Gasteiger partial charge in [0.2, 0.25) is 15.9 Å². The zero-order valence-corrected chi connectivity index (χ0v) is 18.4. The summed E-state index contributed by atoms with van der Waals surface area (Å²) in [5, 5.41) is 2.93. The van der Waals surface area contributed by atoms with Crippen LogP contribution in [0.3, 0.4) is 0 Å². The molecule has 1 amide bonds. The van der Waals surface area contributed by atoms with Gasteiger partial charge in [-0.1, -0.05) is 35.4 Å². The Labute approximate surface area is 179 Å². The van der Waals surface area contributed by atoms with E-state index in [0.717, 1.165) is 43.0 Å². The van der Waals surface area contributed by atoms with Crippen molar-refractivity contribution in [3.05, 3.63) is 59.7 Å². The number of hydrogen-bond acceptors (Lipinski definition) is 5. The van der Waals surface area contributed by atoms with E-state index in [4.69, 9.17) is 0 Å². The zero-order chi connectivity index (χ0) is 21.6. The fourth-order valence-electron chi connectivity index (χ4n) is 3.35. The van der Waals surface area contributed by atoms with Crippen LogP contribution in [0.2, 0.25) is 0 Å². The predicted octanol–water partition coefficient (Wildman–Crippen LogP) is 1.84. The van der Waals surface area contributed by atoms with E-state index in [9.17, 15) is 13.2 Å². The molecular formula is C22H30N4O3S. The number of carbonyl (C=O) groups excluding carboxylic acids is 1. The van der Waals surface area contributed by atoms with Crippen molar-refractivity contribution in [2.24, 2.45) is 0 Å². The van der Waals surface area contributed by atoms with Gasteiger partial charge in [-0.2, -0.15) is 0 Å². The average Bonchev–Trinajstić information content (AvgIpc) is 2.71. The molecule has 2 aromatic rings. The molecule has 2 N–H and O–H groups in total. The van der Waals surface area contributed by atoms with Crippen molar-refractivity contribution in [2.75, 3.05) is 51.1 Å². The van der Waals surface area contributed by atoms with E-state index < -0.39 is 10.0 Å². The highest BCUT2D eigenvalue weighted by molar-refractivity contribution is 7.89. The number of nitrogens with one attached hydrogen (secondary N) is 2. The lowest BCUT2D eigenvalue weighted by molar-refractivity contribution is -0.117. The van der Waals surface area contributed by atoms with Crippen molar-refractivity contribution in [1.29, 1.82) is 0 Å². The Morgan fingerprint density at radius 3 is 2.00 bits per heavy atom. The van der Waals surface area contributed by atoms with Crippen LogP contribution in [-0.2, 0) is 14.8 Å². The minimum atomic E-state index is -3.48. The molecule has 1 aliphatic heterocycles. The van der Waals surface area contributed by atoms with Gasteiger partial charge in [0.15, 0.2) is 0 Å². The third-order valence-corrected chi connectivity index (χ3v) is 6.70. The lowest BCUT2D eigenvalue weighted by Crippen LogP contribution is -2.50. The van der Waals surface area contributed by atoms with Crippen molar-refractivity contribution >= 4 is 21.6 Å². The van der Waals surface area contributed by atoms with Gasteiger partial charge in [-0.3, -0.25) is 14.6 Å². The standard InChI is InChI=1S/C22H30N4O3S/c1-18-3-7-20(8-4-18)24-22(27)17-26-15-13-25(14-16-26)12-11-23-30(28,29)21-9-5-19(2)6-10-21/h3-10,23H,11-17H2,1-2H3,(H,24,27). The lowest BCUT2D eigenvalue weighted by Gasteiger charge is -2.34. The van der Waals surface area contributed by atoms with Gasteiger partial charge in [0.25, 0.3) is 0 Å². The quantitative estimate of drug-likeness (QED) is 0.668. The second kappa shape index (κ2) is 10.2. The molecule has 1 saturated heterocycles. The molecule has 3 rings (SSSR count). The van der Waals surface area contributed by atoms with Gasteiger partial charge in [-0.25, -0.2) is 13.1 Å². The third kappa shape index (κ3) is 6.63. The Hall–Kier alpha value is -2.26. The molecule has 0 saturated carbocycles. The number of amides is 1. The van der Waals surface area contributed by atoms with E-state index in [-0.39, 0.29) is 10.8 Å². The highest BCUT2D eigenvalue weighted by atomic mass is 32.2. The van der Waals surface area contributed by atoms with Gasteiger partial charge in [0, 0.05) is 45.0 Å². The number of rotatable bonds is 8. The summed E-state index contributed by atoms with van der Waals surface area (Å²) in [7, 11) is -3.48. The van der Waals surface area contributed by atoms with Gasteiger partial charge in [0.05, 0.1) is 11.4 Å². The molecule has 2 aromatic carbocycles. The number of anilines is 1. The summed E-state index contributed by atoms with van der Waals surface area (Å²) in [6, 6.07) is 14.6. The van der Waals surface area contributed by atoms with Crippen LogP contribution >= 0.6 is 0 Å². The maximum absolute atomic E-state index is 12.3. The van der Waals surface area contributed by atoms with Gasteiger partial charge < -0.3 is 5.32 Å². The zero-order valence-electron chi connectivity index (χ0n) is 17.6. The first-order valence-electron chi connectivity index (χ1n) is 10.2. The molecule has 1 heterocycles. The van der Waals surface area contributed by atoms with Crippen LogP contribution in [0, 0.1) is 13.8 Å². The fraction of sp³-hybridized carbons (Fsp3) is 0.409. The molecule has 0 unspecified atom stereocenters. The van der Waals surface area contributed by atoms with E-state index in [0.29, 0.717) is 19.6 Å². The van der Waals surface area contributed by atoms with Gasteiger partial charge in [0.1, 0.15) is 0 Å². The second-order valence-electron chi connectivity index (χ2n) is 7.74. The van der Waals surface area contributed by atoms with E-state index in [2.05, 4.69) is 19.8 Å². The summed E-state index contributed by atoms with van der Waals surface area (Å²) in [4.78, 5) is 16.9. The highest BCUT2D eigenvalue weighted by Gasteiger charge is 2.20. The number of hydrogen-bond donors (Lipinski definition) is 2. The van der Waals surface area contributed by atoms with Crippen LogP contribution in [0.1, 0.15) is 11.1 Å². The van der Waals surface area contributed by atoms with Gasteiger partial charge >= 0.3 is 0 Å². The van der Waals surface area contributed by atoms with Crippen molar-refractivity contribution in [2.45, 2.75) is 18.7 Å². The first-order chi connectivity index (χ1) is 14.3. The Morgan fingerprint density at radius 1 is 0.867 bits per heavy atom. The SMILES string of the molecule is Cc1ccc(NC(=O)CN2CCN(CCNS(=O)(=O)c3ccc(C)cc3)CC2)cc1. The van der Waals surface area contributed by atoms with Crippen LogP contribution < -0.4 is 10.0 Å². The Bertz CT molecular complexity index is 935. The minimum absolute atomic E-state index is 0.0156. The Balaban J connectivity index is 1.36. The molecular weight excluding hydrogens is 400 g/mol. The van der Waals surface area contributed by atoms with Crippen molar-refractivity contribution in [3.8, 4) is 0 Å². The maximum atomic E-state index is 12.3. The van der Waals surface area contributed by atoms with Crippen molar-refractivity contribution < 1.29 is 13.2 Å². The number of sulfonamides is 1. The van der Waals surface area contributed by atoms with E-state index >= 15 is 0 Å². The third-order valence-electron chi connectivity index (χ3n) is 5.22. The fourth-order valence-corrected chi connectivity index (χ4v) is 4.37. The number of piperazine rings is 1. The summed E-state index contributed by atoms with van der Waals surface area (Å²) in [5.41, 5.74) is 3.00. The Morgan fingerprint density at radius 2 is 1.40 bits per heavy atom. The molecule has 1 fully saturated rings. The second-order valence-corrected chi connectivity index (χ2v) is 9.51. The molecule has 8 heteroatoms. The molecule has 30 heavy (non-hydrogen) atoms. The summed E-state index contributed by atoms with van der Waals surface area (Å²) >= 11 is 0. The highest BCUT2D eigenvalue weighted by Crippen LogP contribution is 2.11.